The maximum absolute atomic E-state index is 10.8. The number of nitro groups is 1. The van der Waals surface area contributed by atoms with Crippen LogP contribution >= 0.6 is 12.2 Å². The van der Waals surface area contributed by atoms with E-state index in [2.05, 4.69) is 4.98 Å². The standard InChI is InChI=1S/C17H14N4O2S/c18-16(24)15-4-2-1-3-13(15)11-20-10-9-19-17(20)12-5-7-14(8-6-12)21(22)23/h1-10H,11H2,(H2,18,24). The quantitative estimate of drug-likeness (QED) is 0.439. The highest BCUT2D eigenvalue weighted by atomic mass is 32.1. The van der Waals surface area contributed by atoms with E-state index in [0.29, 0.717) is 11.5 Å². The van der Waals surface area contributed by atoms with Gasteiger partial charge >= 0.3 is 0 Å². The number of benzene rings is 2. The molecule has 0 fully saturated rings. The molecule has 0 atom stereocenters. The van der Waals surface area contributed by atoms with E-state index in [4.69, 9.17) is 18.0 Å². The normalized spacial score (nSPS) is 10.5. The molecule has 0 amide bonds. The van der Waals surface area contributed by atoms with Crippen LogP contribution in [0.4, 0.5) is 5.69 Å². The van der Waals surface area contributed by atoms with Gasteiger partial charge in [0.2, 0.25) is 0 Å². The molecule has 6 nitrogen and oxygen atoms in total. The average molecular weight is 338 g/mol. The predicted octanol–water partition coefficient (Wildman–Crippen LogP) is 3.14. The van der Waals surface area contributed by atoms with Crippen molar-refractivity contribution in [2.75, 3.05) is 0 Å². The van der Waals surface area contributed by atoms with Crippen LogP contribution in [0.2, 0.25) is 0 Å². The molecule has 0 aliphatic carbocycles. The van der Waals surface area contributed by atoms with Crippen molar-refractivity contribution >= 4 is 22.9 Å². The summed E-state index contributed by atoms with van der Waals surface area (Å²) in [5.41, 5.74) is 8.46. The van der Waals surface area contributed by atoms with Gasteiger partial charge in [-0.2, -0.15) is 0 Å². The molecule has 1 heterocycles. The maximum atomic E-state index is 10.8. The van der Waals surface area contributed by atoms with E-state index in [0.717, 1.165) is 22.5 Å². The Bertz CT molecular complexity index is 903. The molecule has 0 aliphatic rings. The summed E-state index contributed by atoms with van der Waals surface area (Å²) in [6.45, 7) is 0.555. The fourth-order valence-corrected chi connectivity index (χ4v) is 2.71. The Hall–Kier alpha value is -3.06. The van der Waals surface area contributed by atoms with E-state index < -0.39 is 4.92 Å². The molecule has 0 unspecified atom stereocenters. The van der Waals surface area contributed by atoms with Gasteiger partial charge in [0.1, 0.15) is 10.8 Å². The van der Waals surface area contributed by atoms with Gasteiger partial charge in [0.25, 0.3) is 5.69 Å². The first-order chi connectivity index (χ1) is 11.6. The number of non-ortho nitro benzene ring substituents is 1. The molecule has 0 bridgehead atoms. The summed E-state index contributed by atoms with van der Waals surface area (Å²) >= 11 is 5.10. The van der Waals surface area contributed by atoms with Gasteiger partial charge in [-0.3, -0.25) is 10.1 Å². The van der Waals surface area contributed by atoms with Gasteiger partial charge in [-0.15, -0.1) is 0 Å². The highest BCUT2D eigenvalue weighted by molar-refractivity contribution is 7.80. The zero-order chi connectivity index (χ0) is 17.1. The Balaban J connectivity index is 1.94. The van der Waals surface area contributed by atoms with Crippen molar-refractivity contribution in [1.29, 1.82) is 0 Å². The molecule has 0 aliphatic heterocycles. The van der Waals surface area contributed by atoms with E-state index >= 15 is 0 Å². The molecule has 24 heavy (non-hydrogen) atoms. The number of hydrogen-bond donors (Lipinski definition) is 1. The molecular weight excluding hydrogens is 324 g/mol. The molecule has 3 rings (SSSR count). The first-order valence-corrected chi connectivity index (χ1v) is 7.61. The van der Waals surface area contributed by atoms with Crippen LogP contribution < -0.4 is 5.73 Å². The molecule has 3 aromatic rings. The van der Waals surface area contributed by atoms with E-state index in [1.54, 1.807) is 18.3 Å². The van der Waals surface area contributed by atoms with Crippen LogP contribution in [0.25, 0.3) is 11.4 Å². The molecule has 120 valence electrons. The summed E-state index contributed by atoms with van der Waals surface area (Å²) in [5.74, 6) is 0.725. The average Bonchev–Trinajstić information content (AvgIpc) is 3.03. The van der Waals surface area contributed by atoms with Gasteiger partial charge in [0.05, 0.1) is 4.92 Å². The van der Waals surface area contributed by atoms with Crippen LogP contribution in [-0.4, -0.2) is 19.5 Å². The molecule has 0 radical (unpaired) electrons. The summed E-state index contributed by atoms with van der Waals surface area (Å²) in [7, 11) is 0. The second-order valence-electron chi connectivity index (χ2n) is 5.20. The van der Waals surface area contributed by atoms with E-state index in [1.165, 1.54) is 12.1 Å². The number of imidazole rings is 1. The Labute approximate surface area is 143 Å². The summed E-state index contributed by atoms with van der Waals surface area (Å²) in [6.07, 6.45) is 3.55. The van der Waals surface area contributed by atoms with E-state index in [9.17, 15) is 10.1 Å². The van der Waals surface area contributed by atoms with Crippen LogP contribution in [0, 0.1) is 10.1 Å². The van der Waals surface area contributed by atoms with Gasteiger partial charge in [-0.25, -0.2) is 4.98 Å². The van der Waals surface area contributed by atoms with Crippen molar-refractivity contribution < 1.29 is 4.92 Å². The number of nitro benzene ring substituents is 1. The smallest absolute Gasteiger partial charge is 0.269 e. The SMILES string of the molecule is NC(=S)c1ccccc1Cn1ccnc1-c1ccc([N+](=O)[O-])cc1. The molecule has 0 saturated heterocycles. The molecule has 7 heteroatoms. The minimum atomic E-state index is -0.422. The molecule has 0 spiro atoms. The monoisotopic (exact) mass is 338 g/mol. The number of nitrogens with zero attached hydrogens (tertiary/aromatic N) is 3. The summed E-state index contributed by atoms with van der Waals surface area (Å²) < 4.78 is 1.96. The lowest BCUT2D eigenvalue weighted by Crippen LogP contribution is -2.14. The van der Waals surface area contributed by atoms with Crippen LogP contribution in [0.15, 0.2) is 60.9 Å². The first kappa shape index (κ1) is 15.8. The number of hydrogen-bond acceptors (Lipinski definition) is 4. The van der Waals surface area contributed by atoms with Gasteiger partial charge in [-0.1, -0.05) is 36.5 Å². The van der Waals surface area contributed by atoms with Crippen LogP contribution in [-0.2, 0) is 6.54 Å². The maximum Gasteiger partial charge on any atom is 0.269 e. The number of thiocarbonyl (C=S) groups is 1. The van der Waals surface area contributed by atoms with Crippen molar-refractivity contribution in [1.82, 2.24) is 9.55 Å². The van der Waals surface area contributed by atoms with Gasteiger partial charge < -0.3 is 10.3 Å². The van der Waals surface area contributed by atoms with Crippen LogP contribution in [0.3, 0.4) is 0 Å². The van der Waals surface area contributed by atoms with Crippen molar-refractivity contribution in [3.63, 3.8) is 0 Å². The molecule has 2 aromatic carbocycles. The lowest BCUT2D eigenvalue weighted by molar-refractivity contribution is -0.384. The third-order valence-corrected chi connectivity index (χ3v) is 3.90. The van der Waals surface area contributed by atoms with E-state index in [1.807, 2.05) is 35.0 Å². The number of nitrogens with two attached hydrogens (primary N) is 1. The number of rotatable bonds is 5. The molecular formula is C17H14N4O2S. The van der Waals surface area contributed by atoms with E-state index in [-0.39, 0.29) is 5.69 Å². The zero-order valence-corrected chi connectivity index (χ0v) is 13.4. The summed E-state index contributed by atoms with van der Waals surface area (Å²) in [6, 6.07) is 14.0. The highest BCUT2D eigenvalue weighted by Gasteiger charge is 2.11. The highest BCUT2D eigenvalue weighted by Crippen LogP contribution is 2.22. The van der Waals surface area contributed by atoms with Crippen molar-refractivity contribution in [2.24, 2.45) is 5.73 Å². The third-order valence-electron chi connectivity index (χ3n) is 3.68. The van der Waals surface area contributed by atoms with Crippen molar-refractivity contribution in [3.05, 3.63) is 82.2 Å². The minimum Gasteiger partial charge on any atom is -0.389 e. The van der Waals surface area contributed by atoms with Gasteiger partial charge in [-0.05, 0) is 17.7 Å². The summed E-state index contributed by atoms with van der Waals surface area (Å²) in [4.78, 5) is 15.1. The summed E-state index contributed by atoms with van der Waals surface area (Å²) in [5, 5.41) is 10.8. The second-order valence-corrected chi connectivity index (χ2v) is 5.64. The van der Waals surface area contributed by atoms with Crippen molar-refractivity contribution in [3.8, 4) is 11.4 Å². The van der Waals surface area contributed by atoms with Gasteiger partial charge in [0.15, 0.2) is 0 Å². The zero-order valence-electron chi connectivity index (χ0n) is 12.6. The van der Waals surface area contributed by atoms with Crippen LogP contribution in [0.1, 0.15) is 11.1 Å². The Morgan fingerprint density at radius 1 is 1.21 bits per heavy atom. The minimum absolute atomic E-state index is 0.0516. The molecule has 0 saturated carbocycles. The largest absolute Gasteiger partial charge is 0.389 e. The lowest BCUT2D eigenvalue weighted by Gasteiger charge is -2.11. The Morgan fingerprint density at radius 3 is 2.58 bits per heavy atom. The number of aromatic nitrogens is 2. The van der Waals surface area contributed by atoms with Gasteiger partial charge in [0, 0.05) is 42.2 Å². The first-order valence-electron chi connectivity index (χ1n) is 7.20. The van der Waals surface area contributed by atoms with Crippen LogP contribution in [0.5, 0.6) is 0 Å². The third kappa shape index (κ3) is 3.16. The predicted molar refractivity (Wildman–Crippen MR) is 95.7 cm³/mol. The molecule has 1 aromatic heterocycles. The molecule has 2 N–H and O–H groups in total. The van der Waals surface area contributed by atoms with Crippen molar-refractivity contribution in [2.45, 2.75) is 6.54 Å². The second kappa shape index (κ2) is 6.59. The topological polar surface area (TPSA) is 87.0 Å². The fourth-order valence-electron chi connectivity index (χ4n) is 2.51. The Kier molecular flexibility index (Phi) is 4.35. The fraction of sp³-hybridized carbons (Fsp3) is 0.0588. The Morgan fingerprint density at radius 2 is 1.92 bits per heavy atom. The lowest BCUT2D eigenvalue weighted by atomic mass is 10.1.